The van der Waals surface area contributed by atoms with Gasteiger partial charge in [-0.2, -0.15) is 5.26 Å². The fraction of sp³-hybridized carbons (Fsp3) is 0.0588. The summed E-state index contributed by atoms with van der Waals surface area (Å²) >= 11 is 6.08. The topological polar surface area (TPSA) is 69.9 Å². The molecule has 0 bridgehead atoms. The van der Waals surface area contributed by atoms with Gasteiger partial charge in [0, 0.05) is 24.8 Å². The zero-order valence-electron chi connectivity index (χ0n) is 12.2. The average molecular weight is 323 g/mol. The van der Waals surface area contributed by atoms with Crippen molar-refractivity contribution in [2.45, 2.75) is 0 Å². The van der Waals surface area contributed by atoms with Gasteiger partial charge in [0.15, 0.2) is 0 Å². The van der Waals surface area contributed by atoms with Crippen molar-refractivity contribution < 1.29 is 4.79 Å². The Morgan fingerprint density at radius 2 is 2.09 bits per heavy atom. The molecule has 0 saturated heterocycles. The van der Waals surface area contributed by atoms with Crippen molar-refractivity contribution in [2.75, 3.05) is 11.9 Å². The molecule has 5 nitrogen and oxygen atoms in total. The Morgan fingerprint density at radius 3 is 2.83 bits per heavy atom. The number of aromatic nitrogens is 2. The third kappa shape index (κ3) is 2.72. The number of halogens is 1. The van der Waals surface area contributed by atoms with Crippen LogP contribution in [0.3, 0.4) is 0 Å². The largest absolute Gasteiger partial charge is 0.309 e. The van der Waals surface area contributed by atoms with E-state index in [1.807, 2.05) is 36.4 Å². The van der Waals surface area contributed by atoms with Crippen molar-refractivity contribution in [2.24, 2.45) is 0 Å². The van der Waals surface area contributed by atoms with Crippen LogP contribution in [0.15, 0.2) is 48.8 Å². The highest BCUT2D eigenvalue weighted by molar-refractivity contribution is 6.34. The number of amides is 1. The quantitative estimate of drug-likeness (QED) is 0.724. The smallest absolute Gasteiger partial charge is 0.278 e. The Morgan fingerprint density at radius 1 is 1.26 bits per heavy atom. The minimum Gasteiger partial charge on any atom is -0.309 e. The number of hydrogen-bond donors (Lipinski definition) is 0. The highest BCUT2D eigenvalue weighted by Gasteiger charge is 2.20. The van der Waals surface area contributed by atoms with Crippen LogP contribution in [-0.2, 0) is 0 Å². The van der Waals surface area contributed by atoms with Crippen molar-refractivity contribution in [3.05, 3.63) is 65.1 Å². The van der Waals surface area contributed by atoms with Crippen LogP contribution in [0.5, 0.6) is 0 Å². The Hall–Kier alpha value is -2.97. The number of pyridine rings is 2. The van der Waals surface area contributed by atoms with Crippen LogP contribution in [0, 0.1) is 11.3 Å². The standard InChI is InChI=1S/C17H11ClN4O/c1-22(15-6-2-5-14-12(15)4-3-7-20-14)17(23)16-13(18)8-11(9-19)10-21-16/h2-8,10H,1H3. The van der Waals surface area contributed by atoms with Gasteiger partial charge in [-0.25, -0.2) is 4.98 Å². The predicted molar refractivity (Wildman–Crippen MR) is 88.4 cm³/mol. The molecule has 23 heavy (non-hydrogen) atoms. The van der Waals surface area contributed by atoms with Gasteiger partial charge in [-0.3, -0.25) is 9.78 Å². The lowest BCUT2D eigenvalue weighted by Crippen LogP contribution is -2.27. The molecule has 6 heteroatoms. The lowest BCUT2D eigenvalue weighted by Gasteiger charge is -2.19. The van der Waals surface area contributed by atoms with E-state index in [9.17, 15) is 4.79 Å². The molecule has 2 heterocycles. The van der Waals surface area contributed by atoms with Gasteiger partial charge in [0.25, 0.3) is 5.91 Å². The van der Waals surface area contributed by atoms with Crippen molar-refractivity contribution in [3.8, 4) is 6.07 Å². The first-order valence-electron chi connectivity index (χ1n) is 6.79. The Kier molecular flexibility index (Phi) is 3.92. The van der Waals surface area contributed by atoms with Gasteiger partial charge in [0.2, 0.25) is 0 Å². The van der Waals surface area contributed by atoms with Gasteiger partial charge < -0.3 is 4.90 Å². The lowest BCUT2D eigenvalue weighted by atomic mass is 10.1. The minimum absolute atomic E-state index is 0.106. The second-order valence-corrected chi connectivity index (χ2v) is 5.28. The molecular formula is C17H11ClN4O. The molecule has 0 unspecified atom stereocenters. The maximum Gasteiger partial charge on any atom is 0.278 e. The maximum absolute atomic E-state index is 12.7. The summed E-state index contributed by atoms with van der Waals surface area (Å²) in [6, 6.07) is 12.6. The number of carbonyl (C=O) groups is 1. The van der Waals surface area contributed by atoms with E-state index in [0.717, 1.165) is 10.9 Å². The highest BCUT2D eigenvalue weighted by Crippen LogP contribution is 2.26. The first kappa shape index (κ1) is 14.9. The van der Waals surface area contributed by atoms with E-state index in [4.69, 9.17) is 16.9 Å². The van der Waals surface area contributed by atoms with E-state index < -0.39 is 0 Å². The van der Waals surface area contributed by atoms with Gasteiger partial charge in [0.1, 0.15) is 11.8 Å². The molecule has 0 spiro atoms. The second kappa shape index (κ2) is 6.03. The van der Waals surface area contributed by atoms with Crippen LogP contribution in [0.1, 0.15) is 16.1 Å². The number of rotatable bonds is 2. The van der Waals surface area contributed by atoms with E-state index in [1.54, 1.807) is 13.2 Å². The van der Waals surface area contributed by atoms with Gasteiger partial charge in [-0.15, -0.1) is 0 Å². The summed E-state index contributed by atoms with van der Waals surface area (Å²) in [7, 11) is 1.65. The monoisotopic (exact) mass is 322 g/mol. The summed E-state index contributed by atoms with van der Waals surface area (Å²) in [6.07, 6.45) is 3.03. The SMILES string of the molecule is CN(C(=O)c1ncc(C#N)cc1Cl)c1cccc2ncccc12. The van der Waals surface area contributed by atoms with Gasteiger partial charge in [-0.05, 0) is 30.3 Å². The number of fused-ring (bicyclic) bond motifs is 1. The molecule has 0 atom stereocenters. The molecule has 0 N–H and O–H groups in total. The Bertz CT molecular complexity index is 943. The third-order valence-electron chi connectivity index (χ3n) is 3.46. The maximum atomic E-state index is 12.7. The molecular weight excluding hydrogens is 312 g/mol. The van der Waals surface area contributed by atoms with Crippen LogP contribution < -0.4 is 4.90 Å². The van der Waals surface area contributed by atoms with E-state index in [1.165, 1.54) is 17.2 Å². The molecule has 112 valence electrons. The van der Waals surface area contributed by atoms with Gasteiger partial charge >= 0.3 is 0 Å². The number of hydrogen-bond acceptors (Lipinski definition) is 4. The van der Waals surface area contributed by atoms with Crippen LogP contribution in [0.25, 0.3) is 10.9 Å². The summed E-state index contributed by atoms with van der Waals surface area (Å²) in [5, 5.41) is 9.86. The second-order valence-electron chi connectivity index (χ2n) is 4.88. The predicted octanol–water partition coefficient (Wildman–Crippen LogP) is 3.43. The fourth-order valence-corrected chi connectivity index (χ4v) is 2.55. The van der Waals surface area contributed by atoms with E-state index in [2.05, 4.69) is 9.97 Å². The molecule has 0 aliphatic heterocycles. The van der Waals surface area contributed by atoms with Crippen molar-refractivity contribution >= 4 is 34.1 Å². The lowest BCUT2D eigenvalue weighted by molar-refractivity contribution is 0.0988. The van der Waals surface area contributed by atoms with Crippen LogP contribution in [0.2, 0.25) is 5.02 Å². The van der Waals surface area contributed by atoms with Crippen molar-refractivity contribution in [1.82, 2.24) is 9.97 Å². The first-order valence-corrected chi connectivity index (χ1v) is 7.17. The van der Waals surface area contributed by atoms with Crippen LogP contribution in [-0.4, -0.2) is 22.9 Å². The van der Waals surface area contributed by atoms with E-state index >= 15 is 0 Å². The highest BCUT2D eigenvalue weighted by atomic mass is 35.5. The summed E-state index contributed by atoms with van der Waals surface area (Å²) in [4.78, 5) is 22.5. The molecule has 0 aliphatic rings. The van der Waals surface area contributed by atoms with E-state index in [-0.39, 0.29) is 16.6 Å². The molecule has 2 aromatic heterocycles. The van der Waals surface area contributed by atoms with E-state index in [0.29, 0.717) is 11.3 Å². The molecule has 1 amide bonds. The summed E-state index contributed by atoms with van der Waals surface area (Å²) in [5.74, 6) is -0.351. The fourth-order valence-electron chi connectivity index (χ4n) is 2.30. The molecule has 1 aromatic carbocycles. The summed E-state index contributed by atoms with van der Waals surface area (Å²) < 4.78 is 0. The Balaban J connectivity index is 2.04. The van der Waals surface area contributed by atoms with Gasteiger partial charge in [-0.1, -0.05) is 17.7 Å². The molecule has 3 rings (SSSR count). The van der Waals surface area contributed by atoms with Crippen LogP contribution in [0.4, 0.5) is 5.69 Å². The number of nitrogens with zero attached hydrogens (tertiary/aromatic N) is 4. The summed E-state index contributed by atoms with van der Waals surface area (Å²) in [5.41, 5.74) is 1.92. The molecule has 0 aliphatic carbocycles. The molecule has 0 fully saturated rings. The average Bonchev–Trinajstić information content (AvgIpc) is 2.60. The minimum atomic E-state index is -0.351. The molecule has 0 saturated carbocycles. The third-order valence-corrected chi connectivity index (χ3v) is 3.75. The zero-order chi connectivity index (χ0) is 16.4. The first-order chi connectivity index (χ1) is 11.1. The molecule has 3 aromatic rings. The Labute approximate surface area is 137 Å². The van der Waals surface area contributed by atoms with Crippen molar-refractivity contribution in [3.63, 3.8) is 0 Å². The normalized spacial score (nSPS) is 10.3. The zero-order valence-corrected chi connectivity index (χ0v) is 12.9. The van der Waals surface area contributed by atoms with Crippen LogP contribution >= 0.6 is 11.6 Å². The van der Waals surface area contributed by atoms with Gasteiger partial charge in [0.05, 0.1) is 21.8 Å². The number of anilines is 1. The number of benzene rings is 1. The number of carbonyl (C=O) groups excluding carboxylic acids is 1. The summed E-state index contributed by atoms with van der Waals surface area (Å²) in [6.45, 7) is 0. The number of nitriles is 1. The molecule has 0 radical (unpaired) electrons. The van der Waals surface area contributed by atoms with Crippen molar-refractivity contribution in [1.29, 1.82) is 5.26 Å².